The number of aromatic hydroxyl groups is 2. The van der Waals surface area contributed by atoms with Crippen LogP contribution in [0.4, 0.5) is 0 Å². The lowest BCUT2D eigenvalue weighted by Crippen LogP contribution is -2.09. The summed E-state index contributed by atoms with van der Waals surface area (Å²) in [5.74, 6) is 0.564. The minimum absolute atomic E-state index is 0.0503. The van der Waals surface area contributed by atoms with E-state index in [1.54, 1.807) is 24.3 Å². The van der Waals surface area contributed by atoms with Crippen LogP contribution in [0, 0.1) is 0 Å². The first kappa shape index (κ1) is 19.4. The summed E-state index contributed by atoms with van der Waals surface area (Å²) in [7, 11) is 0. The molecule has 5 rings (SSSR count). The van der Waals surface area contributed by atoms with E-state index in [1.165, 1.54) is 12.5 Å². The van der Waals surface area contributed by atoms with Gasteiger partial charge in [-0.3, -0.25) is 4.79 Å². The molecular formula is C27H24O4. The lowest BCUT2D eigenvalue weighted by Gasteiger charge is -2.24. The molecular weight excluding hydrogens is 388 g/mol. The van der Waals surface area contributed by atoms with Crippen molar-refractivity contribution in [3.8, 4) is 33.9 Å². The minimum atomic E-state index is -0.313. The highest BCUT2D eigenvalue weighted by Gasteiger charge is 2.25. The average molecular weight is 412 g/mol. The van der Waals surface area contributed by atoms with Gasteiger partial charge in [0.15, 0.2) is 5.43 Å². The van der Waals surface area contributed by atoms with Gasteiger partial charge in [0.25, 0.3) is 0 Å². The maximum absolute atomic E-state index is 13.2. The Labute approximate surface area is 180 Å². The predicted molar refractivity (Wildman–Crippen MR) is 123 cm³/mol. The largest absolute Gasteiger partial charge is 0.507 e. The third-order valence-corrected chi connectivity index (χ3v) is 6.30. The van der Waals surface area contributed by atoms with Gasteiger partial charge in [-0.05, 0) is 48.1 Å². The van der Waals surface area contributed by atoms with Crippen LogP contribution in [0.3, 0.4) is 0 Å². The molecule has 1 fully saturated rings. The zero-order chi connectivity index (χ0) is 21.4. The quantitative estimate of drug-likeness (QED) is 0.398. The number of phenols is 2. The summed E-state index contributed by atoms with van der Waals surface area (Å²) >= 11 is 0. The zero-order valence-electron chi connectivity index (χ0n) is 17.2. The van der Waals surface area contributed by atoms with Gasteiger partial charge < -0.3 is 14.6 Å². The number of benzene rings is 3. The summed E-state index contributed by atoms with van der Waals surface area (Å²) in [5, 5.41) is 21.6. The zero-order valence-corrected chi connectivity index (χ0v) is 17.2. The second kappa shape index (κ2) is 7.95. The molecule has 1 saturated carbocycles. The molecule has 2 N–H and O–H groups in total. The van der Waals surface area contributed by atoms with Crippen molar-refractivity contribution in [3.05, 3.63) is 82.5 Å². The van der Waals surface area contributed by atoms with Crippen molar-refractivity contribution in [3.63, 3.8) is 0 Å². The van der Waals surface area contributed by atoms with Crippen LogP contribution >= 0.6 is 0 Å². The summed E-state index contributed by atoms with van der Waals surface area (Å²) in [5.41, 5.74) is 3.05. The molecule has 0 aliphatic heterocycles. The van der Waals surface area contributed by atoms with Crippen LogP contribution in [0.15, 0.2) is 75.9 Å². The Morgan fingerprint density at radius 1 is 0.806 bits per heavy atom. The Balaban J connectivity index is 1.82. The Morgan fingerprint density at radius 3 is 2.26 bits per heavy atom. The minimum Gasteiger partial charge on any atom is -0.507 e. The van der Waals surface area contributed by atoms with E-state index in [4.69, 9.17) is 4.42 Å². The summed E-state index contributed by atoms with van der Waals surface area (Å²) in [6.07, 6.45) is 5.54. The van der Waals surface area contributed by atoms with Crippen molar-refractivity contribution in [2.24, 2.45) is 0 Å². The molecule has 0 bridgehead atoms. The normalized spacial score (nSPS) is 14.7. The van der Waals surface area contributed by atoms with Crippen LogP contribution in [0.1, 0.15) is 43.6 Å². The van der Waals surface area contributed by atoms with Gasteiger partial charge in [0.1, 0.15) is 28.2 Å². The first-order valence-electron chi connectivity index (χ1n) is 10.8. The van der Waals surface area contributed by atoms with Crippen LogP contribution in [-0.4, -0.2) is 10.2 Å². The summed E-state index contributed by atoms with van der Waals surface area (Å²) in [4.78, 5) is 13.2. The standard InChI is InChI=1S/C27H24O4/c28-22-14-8-7-13-19(22)24-16-23(29)25-26(30)20(17-9-3-1-4-10-17)15-21(27(25)31-24)18-11-5-2-6-12-18/h1,3-4,7-10,13-16,18,28,30H,2,5-6,11-12H2. The molecule has 4 nitrogen and oxygen atoms in total. The highest BCUT2D eigenvalue weighted by atomic mass is 16.3. The van der Waals surface area contributed by atoms with E-state index in [0.29, 0.717) is 22.5 Å². The van der Waals surface area contributed by atoms with E-state index in [2.05, 4.69) is 0 Å². The summed E-state index contributed by atoms with van der Waals surface area (Å²) in [6, 6.07) is 19.8. The monoisotopic (exact) mass is 412 g/mol. The molecule has 4 aromatic rings. The lowest BCUT2D eigenvalue weighted by atomic mass is 9.82. The van der Waals surface area contributed by atoms with Gasteiger partial charge in [-0.25, -0.2) is 0 Å². The second-order valence-corrected chi connectivity index (χ2v) is 8.26. The smallest absolute Gasteiger partial charge is 0.197 e. The Morgan fingerprint density at radius 2 is 1.52 bits per heavy atom. The lowest BCUT2D eigenvalue weighted by molar-refractivity contribution is 0.439. The second-order valence-electron chi connectivity index (χ2n) is 8.26. The molecule has 0 spiro atoms. The topological polar surface area (TPSA) is 70.7 Å². The van der Waals surface area contributed by atoms with Gasteiger partial charge in [0, 0.05) is 11.6 Å². The number of phenolic OH excluding ortho intramolecular Hbond substituents is 2. The maximum atomic E-state index is 13.2. The van der Waals surface area contributed by atoms with Gasteiger partial charge >= 0.3 is 0 Å². The molecule has 0 radical (unpaired) electrons. The van der Waals surface area contributed by atoms with Crippen LogP contribution in [-0.2, 0) is 0 Å². The fourth-order valence-corrected chi connectivity index (χ4v) is 4.71. The first-order valence-corrected chi connectivity index (χ1v) is 10.8. The fraction of sp³-hybridized carbons (Fsp3) is 0.222. The van der Waals surface area contributed by atoms with Crippen molar-refractivity contribution in [1.82, 2.24) is 0 Å². The van der Waals surface area contributed by atoms with E-state index in [1.807, 2.05) is 36.4 Å². The number of para-hydroxylation sites is 1. The molecule has 156 valence electrons. The maximum Gasteiger partial charge on any atom is 0.197 e. The summed E-state index contributed by atoms with van der Waals surface area (Å²) in [6.45, 7) is 0. The Kier molecular flexibility index (Phi) is 4.99. The molecule has 0 amide bonds. The number of hydrogen-bond acceptors (Lipinski definition) is 4. The van der Waals surface area contributed by atoms with E-state index >= 15 is 0 Å². The summed E-state index contributed by atoms with van der Waals surface area (Å²) < 4.78 is 6.25. The molecule has 1 aliphatic carbocycles. The highest BCUT2D eigenvalue weighted by Crippen LogP contribution is 2.44. The number of fused-ring (bicyclic) bond motifs is 1. The van der Waals surface area contributed by atoms with Crippen molar-refractivity contribution >= 4 is 11.0 Å². The third-order valence-electron chi connectivity index (χ3n) is 6.30. The molecule has 1 aromatic heterocycles. The van der Waals surface area contributed by atoms with Gasteiger partial charge in [-0.1, -0.05) is 61.7 Å². The van der Waals surface area contributed by atoms with E-state index in [0.717, 1.165) is 36.8 Å². The first-order chi connectivity index (χ1) is 15.1. The highest BCUT2D eigenvalue weighted by molar-refractivity contribution is 5.95. The van der Waals surface area contributed by atoms with E-state index in [9.17, 15) is 15.0 Å². The molecule has 0 atom stereocenters. The van der Waals surface area contributed by atoms with Gasteiger partial charge in [0.05, 0.1) is 5.56 Å². The van der Waals surface area contributed by atoms with Gasteiger partial charge in [-0.15, -0.1) is 0 Å². The van der Waals surface area contributed by atoms with E-state index < -0.39 is 0 Å². The third kappa shape index (κ3) is 3.48. The SMILES string of the molecule is O=c1cc(-c2ccccc2O)oc2c(C3CCCCC3)cc(-c3ccccc3)c(O)c12. The molecule has 1 aliphatic rings. The van der Waals surface area contributed by atoms with Crippen LogP contribution in [0.2, 0.25) is 0 Å². The van der Waals surface area contributed by atoms with Crippen molar-refractivity contribution in [1.29, 1.82) is 0 Å². The van der Waals surface area contributed by atoms with Crippen LogP contribution in [0.5, 0.6) is 11.5 Å². The molecule has 31 heavy (non-hydrogen) atoms. The number of hydrogen-bond donors (Lipinski definition) is 2. The Hall–Kier alpha value is -3.53. The average Bonchev–Trinajstić information content (AvgIpc) is 2.80. The molecule has 4 heteroatoms. The van der Waals surface area contributed by atoms with Crippen molar-refractivity contribution in [2.45, 2.75) is 38.0 Å². The molecule has 0 saturated heterocycles. The van der Waals surface area contributed by atoms with Crippen LogP contribution < -0.4 is 5.43 Å². The molecule has 0 unspecified atom stereocenters. The van der Waals surface area contributed by atoms with Gasteiger partial charge in [0.2, 0.25) is 0 Å². The molecule has 1 heterocycles. The van der Waals surface area contributed by atoms with E-state index in [-0.39, 0.29) is 28.2 Å². The van der Waals surface area contributed by atoms with Crippen molar-refractivity contribution < 1.29 is 14.6 Å². The van der Waals surface area contributed by atoms with Crippen molar-refractivity contribution in [2.75, 3.05) is 0 Å². The molecule has 3 aromatic carbocycles. The van der Waals surface area contributed by atoms with Crippen LogP contribution in [0.25, 0.3) is 33.4 Å². The predicted octanol–water partition coefficient (Wildman–Crippen LogP) is 6.59. The Bertz CT molecular complexity index is 1300. The van der Waals surface area contributed by atoms with Gasteiger partial charge in [-0.2, -0.15) is 0 Å². The fourth-order valence-electron chi connectivity index (χ4n) is 4.71. The number of rotatable bonds is 3.